The topological polar surface area (TPSA) is 120 Å². The van der Waals surface area contributed by atoms with Crippen LogP contribution in [0.2, 0.25) is 0 Å². The average Bonchev–Trinajstić information content (AvgIpc) is 2.65. The molecule has 9 heteroatoms. The van der Waals surface area contributed by atoms with Gasteiger partial charge in [-0.15, -0.1) is 0 Å². The van der Waals surface area contributed by atoms with Gasteiger partial charge in [-0.05, 0) is 24.6 Å². The first-order valence-electron chi connectivity index (χ1n) is 8.02. The molecule has 0 aliphatic carbocycles. The highest BCUT2D eigenvalue weighted by Crippen LogP contribution is 2.43. The van der Waals surface area contributed by atoms with Crippen LogP contribution in [0.25, 0.3) is 10.9 Å². The smallest absolute Gasteiger partial charge is 0.322 e. The third-order valence-corrected chi connectivity index (χ3v) is 4.13. The van der Waals surface area contributed by atoms with Crippen molar-refractivity contribution in [2.75, 3.05) is 12.4 Å². The molecule has 0 aliphatic heterocycles. The molecule has 0 saturated heterocycles. The number of anilines is 1. The number of methoxy groups -OCH3 is 1. The number of aromatic nitrogens is 1. The molecule has 0 spiro atoms. The average molecular weight is 368 g/mol. The van der Waals surface area contributed by atoms with E-state index in [1.807, 2.05) is 30.3 Å². The summed E-state index contributed by atoms with van der Waals surface area (Å²) in [5, 5.41) is 26.4. The van der Waals surface area contributed by atoms with E-state index in [9.17, 15) is 20.2 Å². The molecule has 138 valence electrons. The number of nitrogens with zero attached hydrogens (tertiary/aromatic N) is 3. The summed E-state index contributed by atoms with van der Waals surface area (Å²) >= 11 is 0. The second-order valence-corrected chi connectivity index (χ2v) is 5.78. The van der Waals surface area contributed by atoms with Gasteiger partial charge in [0.05, 0.1) is 22.5 Å². The molecule has 3 rings (SSSR count). The first-order valence-corrected chi connectivity index (χ1v) is 8.02. The van der Waals surface area contributed by atoms with E-state index in [1.165, 1.54) is 20.1 Å². The number of nitro groups is 2. The Balaban J connectivity index is 2.30. The van der Waals surface area contributed by atoms with Crippen molar-refractivity contribution in [2.24, 2.45) is 0 Å². The van der Waals surface area contributed by atoms with E-state index in [2.05, 4.69) is 10.3 Å². The molecular weight excluding hydrogens is 352 g/mol. The molecule has 2 aromatic carbocycles. The van der Waals surface area contributed by atoms with Crippen LogP contribution in [0.3, 0.4) is 0 Å². The van der Waals surface area contributed by atoms with E-state index in [0.717, 1.165) is 5.56 Å². The fourth-order valence-electron chi connectivity index (χ4n) is 2.96. The van der Waals surface area contributed by atoms with Crippen molar-refractivity contribution >= 4 is 28.0 Å². The maximum absolute atomic E-state index is 11.7. The molecule has 27 heavy (non-hydrogen) atoms. The van der Waals surface area contributed by atoms with Gasteiger partial charge < -0.3 is 10.1 Å². The second kappa shape index (κ2) is 7.24. The van der Waals surface area contributed by atoms with Crippen molar-refractivity contribution < 1.29 is 14.6 Å². The predicted octanol–water partition coefficient (Wildman–Crippen LogP) is 3.98. The van der Waals surface area contributed by atoms with Crippen LogP contribution in [0.5, 0.6) is 5.75 Å². The number of ether oxygens (including phenoxy) is 1. The lowest BCUT2D eigenvalue weighted by atomic mass is 10.1. The van der Waals surface area contributed by atoms with Gasteiger partial charge in [-0.25, -0.2) is 4.98 Å². The van der Waals surface area contributed by atoms with Crippen LogP contribution in [0.4, 0.5) is 17.1 Å². The highest BCUT2D eigenvalue weighted by atomic mass is 16.6. The van der Waals surface area contributed by atoms with E-state index < -0.39 is 9.85 Å². The zero-order valence-electron chi connectivity index (χ0n) is 14.6. The Morgan fingerprint density at radius 1 is 1.04 bits per heavy atom. The maximum Gasteiger partial charge on any atom is 0.322 e. The van der Waals surface area contributed by atoms with E-state index in [0.29, 0.717) is 0 Å². The minimum absolute atomic E-state index is 0.00946. The van der Waals surface area contributed by atoms with Gasteiger partial charge in [-0.3, -0.25) is 20.2 Å². The molecule has 1 aromatic heterocycles. The molecular formula is C18H16N4O5. The third-order valence-electron chi connectivity index (χ3n) is 4.13. The molecule has 0 aliphatic rings. The van der Waals surface area contributed by atoms with Gasteiger partial charge in [0.25, 0.3) is 0 Å². The number of aryl methyl sites for hydroxylation is 1. The van der Waals surface area contributed by atoms with Crippen LogP contribution in [-0.2, 0) is 6.54 Å². The van der Waals surface area contributed by atoms with E-state index in [4.69, 9.17) is 4.74 Å². The predicted molar refractivity (Wildman–Crippen MR) is 100 cm³/mol. The highest BCUT2D eigenvalue weighted by molar-refractivity contribution is 6.04. The van der Waals surface area contributed by atoms with Crippen LogP contribution < -0.4 is 10.1 Å². The molecule has 0 bridgehead atoms. The lowest BCUT2D eigenvalue weighted by Crippen LogP contribution is -2.08. The summed E-state index contributed by atoms with van der Waals surface area (Å²) in [7, 11) is 1.31. The Labute approximate surface area is 153 Å². The van der Waals surface area contributed by atoms with Crippen molar-refractivity contribution in [1.82, 2.24) is 4.98 Å². The summed E-state index contributed by atoms with van der Waals surface area (Å²) in [4.78, 5) is 26.3. The van der Waals surface area contributed by atoms with E-state index in [1.54, 1.807) is 6.07 Å². The lowest BCUT2D eigenvalue weighted by molar-refractivity contribution is -0.386. The van der Waals surface area contributed by atoms with Crippen molar-refractivity contribution in [1.29, 1.82) is 0 Å². The van der Waals surface area contributed by atoms with Gasteiger partial charge in [0.2, 0.25) is 0 Å². The first-order chi connectivity index (χ1) is 12.9. The van der Waals surface area contributed by atoms with Crippen LogP contribution in [-0.4, -0.2) is 21.9 Å². The Hall–Kier alpha value is -3.75. The van der Waals surface area contributed by atoms with Gasteiger partial charge in [-0.2, -0.15) is 0 Å². The molecule has 0 atom stereocenters. The minimum Gasteiger partial charge on any atom is -0.490 e. The molecule has 0 saturated carbocycles. The largest absolute Gasteiger partial charge is 0.490 e. The van der Waals surface area contributed by atoms with Gasteiger partial charge in [0.15, 0.2) is 5.75 Å². The van der Waals surface area contributed by atoms with Crippen LogP contribution >= 0.6 is 0 Å². The van der Waals surface area contributed by atoms with Gasteiger partial charge >= 0.3 is 11.4 Å². The zero-order valence-corrected chi connectivity index (χ0v) is 14.6. The van der Waals surface area contributed by atoms with Gasteiger partial charge in [-0.1, -0.05) is 30.3 Å². The fourth-order valence-corrected chi connectivity index (χ4v) is 2.96. The Morgan fingerprint density at radius 3 is 2.30 bits per heavy atom. The number of hydrogen-bond acceptors (Lipinski definition) is 7. The monoisotopic (exact) mass is 368 g/mol. The molecule has 1 heterocycles. The molecule has 1 N–H and O–H groups in total. The number of nitro benzene ring substituents is 1. The Bertz CT molecular complexity index is 1040. The molecule has 3 aromatic rings. The van der Waals surface area contributed by atoms with Crippen LogP contribution in [0.1, 0.15) is 11.3 Å². The van der Waals surface area contributed by atoms with Gasteiger partial charge in [0, 0.05) is 6.54 Å². The number of pyridine rings is 1. The summed E-state index contributed by atoms with van der Waals surface area (Å²) in [6.45, 7) is 1.76. The SMILES string of the molecule is COc1ccc2nc(C)c([N+](=O)[O-])c(NCc3ccccc3)c2c1[N+](=O)[O-]. The Morgan fingerprint density at radius 2 is 1.70 bits per heavy atom. The van der Waals surface area contributed by atoms with Crippen LogP contribution in [0.15, 0.2) is 42.5 Å². The van der Waals surface area contributed by atoms with Crippen LogP contribution in [0, 0.1) is 27.2 Å². The molecule has 0 unspecified atom stereocenters. The summed E-state index contributed by atoms with van der Waals surface area (Å²) in [5.74, 6) is 0.00946. The quantitative estimate of drug-likeness (QED) is 0.516. The van der Waals surface area contributed by atoms with Crippen molar-refractivity contribution in [3.05, 3.63) is 74.0 Å². The van der Waals surface area contributed by atoms with E-state index in [-0.39, 0.29) is 46.0 Å². The summed E-state index contributed by atoms with van der Waals surface area (Å²) in [6, 6.07) is 12.2. The van der Waals surface area contributed by atoms with Crippen molar-refractivity contribution in [2.45, 2.75) is 13.5 Å². The number of hydrogen-bond donors (Lipinski definition) is 1. The van der Waals surface area contributed by atoms with E-state index >= 15 is 0 Å². The maximum atomic E-state index is 11.7. The van der Waals surface area contributed by atoms with Crippen molar-refractivity contribution in [3.8, 4) is 5.75 Å². The first kappa shape index (κ1) is 18.1. The molecule has 0 amide bonds. The number of benzene rings is 2. The molecule has 0 fully saturated rings. The number of fused-ring (bicyclic) bond motifs is 1. The summed E-state index contributed by atoms with van der Waals surface area (Å²) in [5.41, 5.74) is 0.719. The lowest BCUT2D eigenvalue weighted by Gasteiger charge is -2.13. The Kier molecular flexibility index (Phi) is 4.84. The highest BCUT2D eigenvalue weighted by Gasteiger charge is 2.30. The summed E-state index contributed by atoms with van der Waals surface area (Å²) in [6.07, 6.45) is 0. The second-order valence-electron chi connectivity index (χ2n) is 5.78. The molecule has 9 nitrogen and oxygen atoms in total. The standard InChI is InChI=1S/C18H16N4O5/c1-11-17(21(23)24)16(19-10-12-6-4-3-5-7-12)15-13(20-11)8-9-14(27-2)18(15)22(25)26/h3-9H,10H2,1-2H3,(H,19,20). The minimum atomic E-state index is -0.615. The fraction of sp³-hybridized carbons (Fsp3) is 0.167. The summed E-state index contributed by atoms with van der Waals surface area (Å²) < 4.78 is 5.10. The third kappa shape index (κ3) is 3.34. The molecule has 0 radical (unpaired) electrons. The zero-order chi connectivity index (χ0) is 19.6. The normalized spacial score (nSPS) is 10.6. The van der Waals surface area contributed by atoms with Crippen molar-refractivity contribution in [3.63, 3.8) is 0 Å². The van der Waals surface area contributed by atoms with Gasteiger partial charge in [0.1, 0.15) is 16.8 Å². The number of nitrogens with one attached hydrogen (secondary N) is 1. The number of rotatable bonds is 6.